The Kier molecular flexibility index (Phi) is 2.44. The molecule has 0 aliphatic carbocycles. The van der Waals surface area contributed by atoms with Gasteiger partial charge in [-0.1, -0.05) is 18.2 Å². The lowest BCUT2D eigenvalue weighted by molar-refractivity contribution is 0.630. The fourth-order valence-electron chi connectivity index (χ4n) is 1.80. The van der Waals surface area contributed by atoms with Gasteiger partial charge in [0.05, 0.1) is 18.1 Å². The van der Waals surface area contributed by atoms with Gasteiger partial charge in [0.2, 0.25) is 0 Å². The summed E-state index contributed by atoms with van der Waals surface area (Å²) in [5.74, 6) is -0.355. The maximum atomic E-state index is 13.9. The van der Waals surface area contributed by atoms with Gasteiger partial charge in [0.25, 0.3) is 0 Å². The molecule has 5 heteroatoms. The predicted molar refractivity (Wildman–Crippen MR) is 65.7 cm³/mol. The van der Waals surface area contributed by atoms with E-state index in [2.05, 4.69) is 10.2 Å². The van der Waals surface area contributed by atoms with Crippen molar-refractivity contribution >= 4 is 0 Å². The minimum Gasteiger partial charge on any atom is -0.275 e. The molecular formula is C13H11FN4. The van der Waals surface area contributed by atoms with E-state index in [9.17, 15) is 4.39 Å². The van der Waals surface area contributed by atoms with Crippen molar-refractivity contribution in [3.05, 3.63) is 54.7 Å². The number of nitrogens with zero attached hydrogens (tertiary/aromatic N) is 4. The third-order valence-corrected chi connectivity index (χ3v) is 2.67. The monoisotopic (exact) mass is 242 g/mol. The molecule has 2 heterocycles. The maximum Gasteiger partial charge on any atom is 0.169 e. The molecule has 0 amide bonds. The van der Waals surface area contributed by atoms with Crippen LogP contribution in [0.1, 0.15) is 0 Å². The highest BCUT2D eigenvalue weighted by Gasteiger charge is 2.13. The van der Waals surface area contributed by atoms with Gasteiger partial charge in [0.1, 0.15) is 5.69 Å². The van der Waals surface area contributed by atoms with Crippen LogP contribution in [0.25, 0.3) is 16.9 Å². The summed E-state index contributed by atoms with van der Waals surface area (Å²) in [7, 11) is 1.79. The van der Waals surface area contributed by atoms with Crippen LogP contribution < -0.4 is 0 Å². The van der Waals surface area contributed by atoms with Gasteiger partial charge in [0.15, 0.2) is 5.82 Å². The zero-order valence-electron chi connectivity index (χ0n) is 9.79. The van der Waals surface area contributed by atoms with Crippen molar-refractivity contribution in [2.75, 3.05) is 0 Å². The fraction of sp³-hybridized carbons (Fsp3) is 0.0769. The normalized spacial score (nSPS) is 10.8. The molecular weight excluding hydrogens is 231 g/mol. The van der Waals surface area contributed by atoms with Gasteiger partial charge in [-0.15, -0.1) is 0 Å². The van der Waals surface area contributed by atoms with Crippen molar-refractivity contribution in [2.24, 2.45) is 7.05 Å². The van der Waals surface area contributed by atoms with Crippen LogP contribution in [0.4, 0.5) is 4.39 Å². The Morgan fingerprint density at radius 2 is 1.89 bits per heavy atom. The van der Waals surface area contributed by atoms with Gasteiger partial charge in [-0.3, -0.25) is 4.68 Å². The summed E-state index contributed by atoms with van der Waals surface area (Å²) in [5.41, 5.74) is 1.81. The van der Waals surface area contributed by atoms with E-state index in [0.29, 0.717) is 11.3 Å². The molecule has 0 radical (unpaired) electrons. The van der Waals surface area contributed by atoms with Crippen molar-refractivity contribution in [3.8, 4) is 16.9 Å². The zero-order chi connectivity index (χ0) is 12.5. The van der Waals surface area contributed by atoms with Crippen LogP contribution in [0.15, 0.2) is 48.9 Å². The van der Waals surface area contributed by atoms with E-state index in [1.54, 1.807) is 24.1 Å². The number of benzene rings is 1. The van der Waals surface area contributed by atoms with Gasteiger partial charge < -0.3 is 0 Å². The first-order chi connectivity index (χ1) is 8.74. The minimum absolute atomic E-state index is 0.312. The molecule has 0 saturated carbocycles. The van der Waals surface area contributed by atoms with Crippen LogP contribution in [0.2, 0.25) is 0 Å². The molecule has 3 rings (SSSR count). The van der Waals surface area contributed by atoms with Crippen molar-refractivity contribution in [2.45, 2.75) is 0 Å². The van der Waals surface area contributed by atoms with Gasteiger partial charge in [-0.05, 0) is 12.1 Å². The highest BCUT2D eigenvalue weighted by molar-refractivity contribution is 5.57. The largest absolute Gasteiger partial charge is 0.275 e. The smallest absolute Gasteiger partial charge is 0.169 e. The molecule has 1 aromatic carbocycles. The molecule has 3 aromatic rings. The number of aromatic nitrogens is 4. The summed E-state index contributed by atoms with van der Waals surface area (Å²) < 4.78 is 17.0. The van der Waals surface area contributed by atoms with E-state index in [-0.39, 0.29) is 5.82 Å². The fourth-order valence-corrected chi connectivity index (χ4v) is 1.80. The van der Waals surface area contributed by atoms with Gasteiger partial charge in [0, 0.05) is 18.8 Å². The Balaban J connectivity index is 2.06. The highest BCUT2D eigenvalue weighted by Crippen LogP contribution is 2.21. The molecule has 0 N–H and O–H groups in total. The van der Waals surface area contributed by atoms with Crippen molar-refractivity contribution in [1.82, 2.24) is 19.6 Å². The molecule has 0 spiro atoms. The lowest BCUT2D eigenvalue weighted by atomic mass is 10.2. The first-order valence-corrected chi connectivity index (χ1v) is 5.53. The number of rotatable bonds is 2. The van der Waals surface area contributed by atoms with E-state index < -0.39 is 0 Å². The first-order valence-electron chi connectivity index (χ1n) is 5.53. The summed E-state index contributed by atoms with van der Waals surface area (Å²) in [6, 6.07) is 9.43. The maximum absolute atomic E-state index is 13.9. The summed E-state index contributed by atoms with van der Waals surface area (Å²) in [4.78, 5) is 0. The van der Waals surface area contributed by atoms with Crippen LogP contribution in [-0.2, 0) is 7.05 Å². The summed E-state index contributed by atoms with van der Waals surface area (Å²) in [5, 5.41) is 8.27. The highest BCUT2D eigenvalue weighted by atomic mass is 19.1. The van der Waals surface area contributed by atoms with Crippen molar-refractivity contribution in [1.29, 1.82) is 0 Å². The van der Waals surface area contributed by atoms with Crippen LogP contribution in [0, 0.1) is 5.82 Å². The van der Waals surface area contributed by atoms with Crippen molar-refractivity contribution in [3.63, 3.8) is 0 Å². The number of aryl methyl sites for hydroxylation is 1. The van der Waals surface area contributed by atoms with Gasteiger partial charge in [-0.25, -0.2) is 9.07 Å². The molecule has 0 aliphatic rings. The molecule has 18 heavy (non-hydrogen) atoms. The average molecular weight is 242 g/mol. The molecule has 0 aliphatic heterocycles. The van der Waals surface area contributed by atoms with Crippen LogP contribution >= 0.6 is 0 Å². The van der Waals surface area contributed by atoms with Crippen LogP contribution in [0.5, 0.6) is 0 Å². The SMILES string of the molecule is Cn1cc(-c2nn(-c3ccccc3)cc2F)cn1. The molecule has 0 saturated heterocycles. The van der Waals surface area contributed by atoms with E-state index in [1.165, 1.54) is 10.9 Å². The third kappa shape index (κ3) is 1.79. The van der Waals surface area contributed by atoms with Crippen LogP contribution in [0.3, 0.4) is 0 Å². The second-order valence-corrected chi connectivity index (χ2v) is 4.01. The second kappa shape index (κ2) is 4.10. The van der Waals surface area contributed by atoms with Crippen LogP contribution in [-0.4, -0.2) is 19.6 Å². The molecule has 0 bridgehead atoms. The standard InChI is InChI=1S/C13H11FN4/c1-17-8-10(7-15-17)13-12(14)9-18(16-13)11-5-3-2-4-6-11/h2-9H,1H3. The molecule has 2 aromatic heterocycles. The predicted octanol–water partition coefficient (Wildman–Crippen LogP) is 2.41. The number of halogens is 1. The number of para-hydroxylation sites is 1. The lowest BCUT2D eigenvalue weighted by Gasteiger charge is -1.98. The lowest BCUT2D eigenvalue weighted by Crippen LogP contribution is -1.93. The third-order valence-electron chi connectivity index (χ3n) is 2.67. The quantitative estimate of drug-likeness (QED) is 0.691. The van der Waals surface area contributed by atoms with E-state index in [4.69, 9.17) is 0 Å². The Labute approximate surface area is 103 Å². The summed E-state index contributed by atoms with van der Waals surface area (Å²) in [6.45, 7) is 0. The molecule has 0 atom stereocenters. The molecule has 0 fully saturated rings. The first kappa shape index (κ1) is 10.7. The molecule has 90 valence electrons. The number of hydrogen-bond acceptors (Lipinski definition) is 2. The van der Waals surface area contributed by atoms with Gasteiger partial charge in [-0.2, -0.15) is 10.2 Å². The average Bonchev–Trinajstić information content (AvgIpc) is 2.97. The second-order valence-electron chi connectivity index (χ2n) is 4.01. The minimum atomic E-state index is -0.355. The number of hydrogen-bond donors (Lipinski definition) is 0. The summed E-state index contributed by atoms with van der Waals surface area (Å²) >= 11 is 0. The van der Waals surface area contributed by atoms with Gasteiger partial charge >= 0.3 is 0 Å². The van der Waals surface area contributed by atoms with E-state index in [0.717, 1.165) is 5.69 Å². The summed E-state index contributed by atoms with van der Waals surface area (Å²) in [6.07, 6.45) is 4.71. The van der Waals surface area contributed by atoms with Crippen molar-refractivity contribution < 1.29 is 4.39 Å². The topological polar surface area (TPSA) is 35.6 Å². The Morgan fingerprint density at radius 3 is 2.56 bits per heavy atom. The van der Waals surface area contributed by atoms with E-state index in [1.807, 2.05) is 30.3 Å². The van der Waals surface area contributed by atoms with E-state index >= 15 is 0 Å². The Morgan fingerprint density at radius 1 is 1.11 bits per heavy atom. The zero-order valence-corrected chi connectivity index (χ0v) is 9.79. The Hall–Kier alpha value is -2.43. The Bertz CT molecular complexity index is 669. The molecule has 0 unspecified atom stereocenters. The molecule has 4 nitrogen and oxygen atoms in total.